The number of piperazine rings is 1. The fraction of sp³-hybridized carbons (Fsp3) is 0.296. The summed E-state index contributed by atoms with van der Waals surface area (Å²) >= 11 is 18.5. The van der Waals surface area contributed by atoms with Crippen LogP contribution in [0, 0.1) is 13.8 Å². The van der Waals surface area contributed by atoms with E-state index in [1.807, 2.05) is 67.3 Å². The van der Waals surface area contributed by atoms with Crippen molar-refractivity contribution in [1.82, 2.24) is 9.80 Å². The number of carbonyl (C=O) groups is 1. The summed E-state index contributed by atoms with van der Waals surface area (Å²) < 4.78 is 5.92. The first kappa shape index (κ1) is 24.9. The Kier molecular flexibility index (Phi) is 8.05. The molecule has 178 valence electrons. The topological polar surface area (TPSA) is 32.8 Å². The highest BCUT2D eigenvalue weighted by Gasteiger charge is 2.22. The van der Waals surface area contributed by atoms with E-state index in [1.165, 1.54) is 0 Å². The van der Waals surface area contributed by atoms with Crippen molar-refractivity contribution in [2.75, 3.05) is 26.2 Å². The van der Waals surface area contributed by atoms with Crippen LogP contribution in [0.5, 0.6) is 5.75 Å². The molecule has 34 heavy (non-hydrogen) atoms. The molecule has 4 rings (SSSR count). The third kappa shape index (κ3) is 6.05. The maximum absolute atomic E-state index is 13.0. The van der Waals surface area contributed by atoms with Gasteiger partial charge in [0.15, 0.2) is 0 Å². The molecule has 3 aromatic carbocycles. The number of rotatable bonds is 6. The van der Waals surface area contributed by atoms with Crippen LogP contribution in [0.3, 0.4) is 0 Å². The minimum absolute atomic E-state index is 0.0561. The normalized spacial score (nSPS) is 14.3. The van der Waals surface area contributed by atoms with Crippen LogP contribution in [-0.4, -0.2) is 41.9 Å². The lowest BCUT2D eigenvalue weighted by Gasteiger charge is -2.35. The number of hydrogen-bond acceptors (Lipinski definition) is 3. The summed E-state index contributed by atoms with van der Waals surface area (Å²) in [6.07, 6.45) is 0. The van der Waals surface area contributed by atoms with Crippen LogP contribution in [-0.2, 0) is 13.2 Å². The second-order valence-electron chi connectivity index (χ2n) is 8.66. The molecule has 0 N–H and O–H groups in total. The minimum Gasteiger partial charge on any atom is -0.489 e. The van der Waals surface area contributed by atoms with Crippen molar-refractivity contribution < 1.29 is 9.53 Å². The van der Waals surface area contributed by atoms with Gasteiger partial charge in [0.25, 0.3) is 5.91 Å². The highest BCUT2D eigenvalue weighted by Crippen LogP contribution is 2.26. The molecular formula is C27H27Cl3N2O2. The number of benzene rings is 3. The molecule has 0 saturated carbocycles. The van der Waals surface area contributed by atoms with Crippen molar-refractivity contribution in [1.29, 1.82) is 0 Å². The number of aryl methyl sites for hydroxylation is 2. The predicted molar refractivity (Wildman–Crippen MR) is 139 cm³/mol. The van der Waals surface area contributed by atoms with Crippen molar-refractivity contribution in [2.45, 2.75) is 27.0 Å². The van der Waals surface area contributed by atoms with Gasteiger partial charge in [-0.15, -0.1) is 0 Å². The molecule has 1 saturated heterocycles. The standard InChI is InChI=1S/C27H27Cl3N2O2/c1-18-13-24(14-19(2)26(18)30)34-17-20-3-5-21(6-4-20)27(33)32-11-9-31(10-12-32)16-22-7-8-23(28)15-25(22)29/h3-8,13-15H,9-12,16-17H2,1-2H3. The van der Waals surface area contributed by atoms with Gasteiger partial charge in [-0.3, -0.25) is 9.69 Å². The highest BCUT2D eigenvalue weighted by atomic mass is 35.5. The van der Waals surface area contributed by atoms with E-state index in [0.29, 0.717) is 35.3 Å². The van der Waals surface area contributed by atoms with E-state index in [-0.39, 0.29) is 5.91 Å². The van der Waals surface area contributed by atoms with E-state index in [4.69, 9.17) is 39.5 Å². The highest BCUT2D eigenvalue weighted by molar-refractivity contribution is 6.35. The van der Waals surface area contributed by atoms with Gasteiger partial charge < -0.3 is 9.64 Å². The lowest BCUT2D eigenvalue weighted by molar-refractivity contribution is 0.0628. The van der Waals surface area contributed by atoms with Gasteiger partial charge in [-0.05, 0) is 72.5 Å². The van der Waals surface area contributed by atoms with Crippen molar-refractivity contribution >= 4 is 40.7 Å². The van der Waals surface area contributed by atoms with Crippen LogP contribution in [0.4, 0.5) is 0 Å². The second-order valence-corrected chi connectivity index (χ2v) is 9.88. The summed E-state index contributed by atoms with van der Waals surface area (Å²) in [6, 6.07) is 17.1. The summed E-state index contributed by atoms with van der Waals surface area (Å²) in [4.78, 5) is 17.2. The Labute approximate surface area is 216 Å². The van der Waals surface area contributed by atoms with Gasteiger partial charge >= 0.3 is 0 Å². The summed E-state index contributed by atoms with van der Waals surface area (Å²) in [5.74, 6) is 0.845. The molecule has 0 spiro atoms. The first-order valence-electron chi connectivity index (χ1n) is 11.2. The summed E-state index contributed by atoms with van der Waals surface area (Å²) in [5.41, 5.74) is 4.73. The molecule has 0 atom stereocenters. The van der Waals surface area contributed by atoms with E-state index >= 15 is 0 Å². The molecule has 1 aliphatic heterocycles. The summed E-state index contributed by atoms with van der Waals surface area (Å²) in [5, 5.41) is 2.08. The molecule has 0 aliphatic carbocycles. The fourth-order valence-corrected chi connectivity index (χ4v) is 4.66. The Morgan fingerprint density at radius 1 is 0.882 bits per heavy atom. The van der Waals surface area contributed by atoms with Crippen molar-refractivity contribution in [2.24, 2.45) is 0 Å². The van der Waals surface area contributed by atoms with E-state index in [1.54, 1.807) is 6.07 Å². The molecule has 7 heteroatoms. The van der Waals surface area contributed by atoms with Crippen LogP contribution >= 0.6 is 34.8 Å². The lowest BCUT2D eigenvalue weighted by Crippen LogP contribution is -2.48. The zero-order valence-electron chi connectivity index (χ0n) is 19.3. The number of ether oxygens (including phenoxy) is 1. The molecule has 0 unspecified atom stereocenters. The van der Waals surface area contributed by atoms with Crippen molar-refractivity contribution in [3.05, 3.63) is 97.5 Å². The zero-order chi connectivity index (χ0) is 24.2. The van der Waals surface area contributed by atoms with E-state index in [0.717, 1.165) is 52.7 Å². The molecule has 0 radical (unpaired) electrons. The summed E-state index contributed by atoms with van der Waals surface area (Å²) in [6.45, 7) is 8.09. The van der Waals surface area contributed by atoms with E-state index in [2.05, 4.69) is 4.90 Å². The molecule has 1 amide bonds. The van der Waals surface area contributed by atoms with Gasteiger partial charge in [-0.2, -0.15) is 0 Å². The molecular weight excluding hydrogens is 491 g/mol. The van der Waals surface area contributed by atoms with Crippen LogP contribution in [0.15, 0.2) is 54.6 Å². The largest absolute Gasteiger partial charge is 0.489 e. The molecule has 1 fully saturated rings. The van der Waals surface area contributed by atoms with E-state index < -0.39 is 0 Å². The molecule has 0 bridgehead atoms. The number of carbonyl (C=O) groups excluding carboxylic acids is 1. The monoisotopic (exact) mass is 516 g/mol. The van der Waals surface area contributed by atoms with Gasteiger partial charge in [0.1, 0.15) is 12.4 Å². The number of nitrogens with zero attached hydrogens (tertiary/aromatic N) is 2. The molecule has 4 nitrogen and oxygen atoms in total. The quantitative estimate of drug-likeness (QED) is 0.360. The SMILES string of the molecule is Cc1cc(OCc2ccc(C(=O)N3CCN(Cc4ccc(Cl)cc4Cl)CC3)cc2)cc(C)c1Cl. The van der Waals surface area contributed by atoms with Crippen molar-refractivity contribution in [3.63, 3.8) is 0 Å². The molecule has 1 heterocycles. The van der Waals surface area contributed by atoms with Gasteiger partial charge in [-0.1, -0.05) is 53.0 Å². The van der Waals surface area contributed by atoms with Gasteiger partial charge in [0.2, 0.25) is 0 Å². The third-order valence-corrected chi connectivity index (χ3v) is 7.27. The zero-order valence-corrected chi connectivity index (χ0v) is 21.6. The molecule has 0 aromatic heterocycles. The smallest absolute Gasteiger partial charge is 0.253 e. The first-order valence-corrected chi connectivity index (χ1v) is 12.4. The van der Waals surface area contributed by atoms with Gasteiger partial charge in [0.05, 0.1) is 0 Å². The fourth-order valence-electron chi connectivity index (χ4n) is 4.08. The Morgan fingerprint density at radius 2 is 1.53 bits per heavy atom. The second kappa shape index (κ2) is 11.0. The summed E-state index contributed by atoms with van der Waals surface area (Å²) in [7, 11) is 0. The van der Waals surface area contributed by atoms with E-state index in [9.17, 15) is 4.79 Å². The lowest BCUT2D eigenvalue weighted by atomic mass is 10.1. The van der Waals surface area contributed by atoms with Gasteiger partial charge in [0, 0.05) is 53.4 Å². The Bertz CT molecular complexity index is 1150. The Morgan fingerprint density at radius 3 is 2.15 bits per heavy atom. The Hall–Kier alpha value is -2.24. The number of amides is 1. The average Bonchev–Trinajstić information content (AvgIpc) is 2.83. The Balaban J connectivity index is 1.29. The van der Waals surface area contributed by atoms with Crippen LogP contribution in [0.1, 0.15) is 32.6 Å². The van der Waals surface area contributed by atoms with Crippen molar-refractivity contribution in [3.8, 4) is 5.75 Å². The maximum atomic E-state index is 13.0. The predicted octanol–water partition coefficient (Wildman–Crippen LogP) is 6.80. The number of halogens is 3. The van der Waals surface area contributed by atoms with Crippen LogP contribution < -0.4 is 4.74 Å². The molecule has 3 aromatic rings. The molecule has 1 aliphatic rings. The van der Waals surface area contributed by atoms with Gasteiger partial charge in [-0.25, -0.2) is 0 Å². The minimum atomic E-state index is 0.0561. The van der Waals surface area contributed by atoms with Crippen LogP contribution in [0.25, 0.3) is 0 Å². The number of hydrogen-bond donors (Lipinski definition) is 0. The first-order chi connectivity index (χ1) is 16.3. The average molecular weight is 518 g/mol. The third-order valence-electron chi connectivity index (χ3n) is 6.08. The maximum Gasteiger partial charge on any atom is 0.253 e. The van der Waals surface area contributed by atoms with Crippen LogP contribution in [0.2, 0.25) is 15.1 Å².